The van der Waals surface area contributed by atoms with Crippen LogP contribution in [0.1, 0.15) is 28.0 Å². The second-order valence-corrected chi connectivity index (χ2v) is 6.13. The number of rotatable bonds is 4. The molecule has 2 aromatic rings. The van der Waals surface area contributed by atoms with Crippen LogP contribution in [0.5, 0.6) is 0 Å². The number of hydrogen-bond acceptors (Lipinski definition) is 4. The summed E-state index contributed by atoms with van der Waals surface area (Å²) in [4.78, 5) is 14.7. The Bertz CT molecular complexity index is 638. The van der Waals surface area contributed by atoms with Crippen molar-refractivity contribution in [3.8, 4) is 0 Å². The van der Waals surface area contributed by atoms with Crippen LogP contribution >= 0.6 is 11.5 Å². The third kappa shape index (κ3) is 2.65. The largest absolute Gasteiger partial charge is 0.378 e. The van der Waals surface area contributed by atoms with Gasteiger partial charge < -0.3 is 10.2 Å². The number of carbonyl (C=O) groups excluding carboxylic acids is 1. The predicted octanol–water partition coefficient (Wildman–Crippen LogP) is 2.95. The number of aryl methyl sites for hydroxylation is 1. The van der Waals surface area contributed by atoms with E-state index in [4.69, 9.17) is 0 Å². The van der Waals surface area contributed by atoms with E-state index in [2.05, 4.69) is 21.8 Å². The molecule has 1 aliphatic heterocycles. The maximum Gasteiger partial charge on any atom is 0.259 e. The minimum absolute atomic E-state index is 0.109. The Kier molecular flexibility index (Phi) is 3.92. The normalized spacial score (nSPS) is 17.4. The molecular weight excluding hydrogens is 282 g/mol. The molecule has 2 heterocycles. The van der Waals surface area contributed by atoms with E-state index in [0.717, 1.165) is 35.6 Å². The molecule has 4 nitrogen and oxygen atoms in total. The molecule has 110 valence electrons. The van der Waals surface area contributed by atoms with Crippen molar-refractivity contribution in [1.82, 2.24) is 9.27 Å². The van der Waals surface area contributed by atoms with Gasteiger partial charge in [0.2, 0.25) is 0 Å². The molecule has 1 unspecified atom stereocenters. The number of amides is 1. The number of carbonyl (C=O) groups is 1. The molecule has 3 rings (SSSR count). The summed E-state index contributed by atoms with van der Waals surface area (Å²) in [5.41, 5.74) is 2.84. The summed E-state index contributed by atoms with van der Waals surface area (Å²) in [6.45, 7) is 2.74. The first-order valence-electron chi connectivity index (χ1n) is 7.19. The lowest BCUT2D eigenvalue weighted by Gasteiger charge is -2.41. The van der Waals surface area contributed by atoms with Crippen LogP contribution in [0.25, 0.3) is 0 Å². The number of nitrogens with one attached hydrogen (secondary N) is 1. The summed E-state index contributed by atoms with van der Waals surface area (Å²) >= 11 is 1.35. The average molecular weight is 301 g/mol. The van der Waals surface area contributed by atoms with Gasteiger partial charge in [-0.2, -0.15) is 4.37 Å². The van der Waals surface area contributed by atoms with E-state index in [0.29, 0.717) is 6.04 Å². The number of nitrogens with zero attached hydrogens (tertiary/aromatic N) is 2. The molecule has 1 aromatic heterocycles. The monoisotopic (exact) mass is 301 g/mol. The Balaban J connectivity index is 1.75. The highest BCUT2D eigenvalue weighted by Crippen LogP contribution is 2.30. The zero-order valence-electron chi connectivity index (χ0n) is 12.3. The quantitative estimate of drug-likeness (QED) is 0.944. The highest BCUT2D eigenvalue weighted by atomic mass is 32.1. The second-order valence-electron chi connectivity index (χ2n) is 5.35. The molecule has 0 radical (unpaired) electrons. The first kappa shape index (κ1) is 14.1. The van der Waals surface area contributed by atoms with Crippen LogP contribution < -0.4 is 5.32 Å². The lowest BCUT2D eigenvalue weighted by molar-refractivity contribution is 0.0465. The van der Waals surface area contributed by atoms with Crippen molar-refractivity contribution in [2.45, 2.75) is 25.8 Å². The van der Waals surface area contributed by atoms with E-state index in [-0.39, 0.29) is 5.91 Å². The van der Waals surface area contributed by atoms with Crippen molar-refractivity contribution >= 4 is 22.4 Å². The zero-order chi connectivity index (χ0) is 14.8. The fourth-order valence-corrected chi connectivity index (χ4v) is 3.48. The smallest absolute Gasteiger partial charge is 0.259 e. The van der Waals surface area contributed by atoms with Crippen molar-refractivity contribution < 1.29 is 4.79 Å². The Morgan fingerprint density at radius 1 is 1.43 bits per heavy atom. The van der Waals surface area contributed by atoms with E-state index in [1.807, 2.05) is 37.1 Å². The Hall–Kier alpha value is -1.88. The van der Waals surface area contributed by atoms with Crippen LogP contribution in [-0.2, 0) is 6.42 Å². The zero-order valence-corrected chi connectivity index (χ0v) is 13.1. The summed E-state index contributed by atoms with van der Waals surface area (Å²) in [5, 5.41) is 3.94. The Morgan fingerprint density at radius 3 is 2.81 bits per heavy atom. The van der Waals surface area contributed by atoms with Gasteiger partial charge in [0, 0.05) is 19.6 Å². The van der Waals surface area contributed by atoms with Crippen LogP contribution in [-0.4, -0.2) is 34.8 Å². The van der Waals surface area contributed by atoms with Gasteiger partial charge in [0.25, 0.3) is 5.91 Å². The number of anilines is 1. The summed E-state index contributed by atoms with van der Waals surface area (Å²) < 4.78 is 4.29. The summed E-state index contributed by atoms with van der Waals surface area (Å²) in [5.74, 6) is 0.109. The van der Waals surface area contributed by atoms with Gasteiger partial charge in [0.15, 0.2) is 0 Å². The third-order valence-corrected chi connectivity index (χ3v) is 4.98. The molecule has 21 heavy (non-hydrogen) atoms. The van der Waals surface area contributed by atoms with Crippen LogP contribution in [0.2, 0.25) is 0 Å². The molecule has 1 saturated heterocycles. The lowest BCUT2D eigenvalue weighted by atomic mass is 9.94. The molecule has 0 spiro atoms. The number of aromatic nitrogens is 1. The van der Waals surface area contributed by atoms with E-state index >= 15 is 0 Å². The van der Waals surface area contributed by atoms with Crippen molar-refractivity contribution in [3.63, 3.8) is 0 Å². The molecule has 5 heteroatoms. The Morgan fingerprint density at radius 2 is 2.19 bits per heavy atom. The van der Waals surface area contributed by atoms with Crippen LogP contribution in [0.15, 0.2) is 30.3 Å². The van der Waals surface area contributed by atoms with Crippen molar-refractivity contribution in [2.24, 2.45) is 0 Å². The van der Waals surface area contributed by atoms with Gasteiger partial charge in [0.1, 0.15) is 5.00 Å². The van der Waals surface area contributed by atoms with E-state index < -0.39 is 0 Å². The number of benzene rings is 1. The second kappa shape index (κ2) is 5.85. The van der Waals surface area contributed by atoms with Crippen molar-refractivity contribution in [2.75, 3.05) is 18.9 Å². The summed E-state index contributed by atoms with van der Waals surface area (Å²) in [6, 6.07) is 10.7. The van der Waals surface area contributed by atoms with E-state index in [9.17, 15) is 4.79 Å². The minimum atomic E-state index is 0.109. The molecule has 1 fully saturated rings. The van der Waals surface area contributed by atoms with Gasteiger partial charge in [-0.15, -0.1) is 0 Å². The Labute approximate surface area is 129 Å². The molecular formula is C16H19N3OS. The van der Waals surface area contributed by atoms with Gasteiger partial charge in [-0.1, -0.05) is 30.3 Å². The highest BCUT2D eigenvalue weighted by molar-refractivity contribution is 7.10. The predicted molar refractivity (Wildman–Crippen MR) is 86.0 cm³/mol. The van der Waals surface area contributed by atoms with Gasteiger partial charge in [0.05, 0.1) is 11.3 Å². The van der Waals surface area contributed by atoms with Gasteiger partial charge in [-0.05, 0) is 36.9 Å². The molecule has 1 amide bonds. The first-order chi connectivity index (χ1) is 10.2. The first-order valence-corrected chi connectivity index (χ1v) is 7.97. The molecule has 1 aromatic carbocycles. The lowest BCUT2D eigenvalue weighted by Crippen LogP contribution is -2.52. The highest BCUT2D eigenvalue weighted by Gasteiger charge is 2.35. The van der Waals surface area contributed by atoms with E-state index in [1.165, 1.54) is 17.1 Å². The van der Waals surface area contributed by atoms with Crippen molar-refractivity contribution in [3.05, 3.63) is 47.2 Å². The number of likely N-dealkylation sites (tertiary alicyclic amines) is 1. The third-order valence-electron chi connectivity index (χ3n) is 4.02. The van der Waals surface area contributed by atoms with Crippen LogP contribution in [0, 0.1) is 6.92 Å². The standard InChI is InChI=1S/C16H19N3OS/c1-11-14(15(17-2)21-18-11)16(20)19-9-8-13(19)10-12-6-4-3-5-7-12/h3-7,13,17H,8-10H2,1-2H3. The SMILES string of the molecule is CNc1snc(C)c1C(=O)N1CCC1Cc1ccccc1. The van der Waals surface area contributed by atoms with Crippen LogP contribution in [0.3, 0.4) is 0 Å². The fourth-order valence-electron chi connectivity index (χ4n) is 2.74. The van der Waals surface area contributed by atoms with Gasteiger partial charge >= 0.3 is 0 Å². The van der Waals surface area contributed by atoms with Crippen LogP contribution in [0.4, 0.5) is 5.00 Å². The fraction of sp³-hybridized carbons (Fsp3) is 0.375. The average Bonchev–Trinajstić information content (AvgIpc) is 2.85. The molecule has 0 bridgehead atoms. The maximum absolute atomic E-state index is 12.7. The molecule has 1 atom stereocenters. The van der Waals surface area contributed by atoms with Gasteiger partial charge in [-0.3, -0.25) is 4.79 Å². The maximum atomic E-state index is 12.7. The number of hydrogen-bond donors (Lipinski definition) is 1. The molecule has 1 N–H and O–H groups in total. The molecule has 0 saturated carbocycles. The molecule has 0 aliphatic carbocycles. The van der Waals surface area contributed by atoms with Crippen molar-refractivity contribution in [1.29, 1.82) is 0 Å². The van der Waals surface area contributed by atoms with E-state index in [1.54, 1.807) is 0 Å². The minimum Gasteiger partial charge on any atom is -0.378 e. The summed E-state index contributed by atoms with van der Waals surface area (Å²) in [7, 11) is 1.83. The van der Waals surface area contributed by atoms with Gasteiger partial charge in [-0.25, -0.2) is 0 Å². The molecule has 1 aliphatic rings. The topological polar surface area (TPSA) is 45.2 Å². The summed E-state index contributed by atoms with van der Waals surface area (Å²) in [6.07, 6.45) is 2.00.